The lowest BCUT2D eigenvalue weighted by Crippen LogP contribution is -2.35. The first-order valence-corrected chi connectivity index (χ1v) is 8.33. The first-order valence-electron chi connectivity index (χ1n) is 8.33. The minimum Gasteiger partial charge on any atom is -0.379 e. The molecule has 2 aromatic rings. The number of nitrogens with zero attached hydrogens (tertiary/aromatic N) is 3. The second-order valence-corrected chi connectivity index (χ2v) is 6.19. The van der Waals surface area contributed by atoms with Crippen LogP contribution in [0, 0.1) is 6.92 Å². The number of hydrogen-bond acceptors (Lipinski definition) is 4. The highest BCUT2D eigenvalue weighted by atomic mass is 16.5. The number of amides is 1. The number of anilines is 1. The van der Waals surface area contributed by atoms with Gasteiger partial charge in [-0.2, -0.15) is 5.10 Å². The highest BCUT2D eigenvalue weighted by Crippen LogP contribution is 2.16. The molecule has 1 aromatic heterocycles. The number of ether oxygens (including phenoxy) is 1. The summed E-state index contributed by atoms with van der Waals surface area (Å²) in [6.45, 7) is 8.11. The maximum atomic E-state index is 12.4. The Kier molecular flexibility index (Phi) is 5.27. The lowest BCUT2D eigenvalue weighted by molar-refractivity contribution is -0.119. The molecule has 0 saturated carbocycles. The Hall–Kier alpha value is -2.18. The Bertz CT molecular complexity index is 692. The molecule has 1 aromatic carbocycles. The Morgan fingerprint density at radius 3 is 2.83 bits per heavy atom. The zero-order chi connectivity index (χ0) is 16.9. The number of nitrogens with one attached hydrogen (secondary N) is 1. The molecule has 1 aliphatic heterocycles. The first-order chi connectivity index (χ1) is 11.6. The van der Waals surface area contributed by atoms with Gasteiger partial charge in [-0.15, -0.1) is 0 Å². The molecule has 6 heteroatoms. The van der Waals surface area contributed by atoms with E-state index in [2.05, 4.69) is 21.4 Å². The molecule has 0 spiro atoms. The van der Waals surface area contributed by atoms with Crippen molar-refractivity contribution in [1.82, 2.24) is 14.7 Å². The Morgan fingerprint density at radius 2 is 2.12 bits per heavy atom. The monoisotopic (exact) mass is 328 g/mol. The van der Waals surface area contributed by atoms with Gasteiger partial charge in [0.25, 0.3) is 0 Å². The summed E-state index contributed by atoms with van der Waals surface area (Å²) >= 11 is 0. The van der Waals surface area contributed by atoms with Gasteiger partial charge in [-0.25, -0.2) is 0 Å². The normalized spacial score (nSPS) is 16.8. The Labute approximate surface area is 142 Å². The molecule has 0 bridgehead atoms. The maximum Gasteiger partial charge on any atom is 0.248 e. The van der Waals surface area contributed by atoms with Crippen LogP contribution >= 0.6 is 0 Å². The van der Waals surface area contributed by atoms with Gasteiger partial charge in [0.1, 0.15) is 6.04 Å². The van der Waals surface area contributed by atoms with Crippen LogP contribution in [-0.4, -0.2) is 46.9 Å². The molecule has 1 aliphatic rings. The molecular weight excluding hydrogens is 304 g/mol. The lowest BCUT2D eigenvalue weighted by atomic mass is 10.1. The van der Waals surface area contributed by atoms with Crippen LogP contribution in [0.5, 0.6) is 0 Å². The van der Waals surface area contributed by atoms with Crippen molar-refractivity contribution in [3.8, 4) is 0 Å². The maximum absolute atomic E-state index is 12.4. The molecule has 0 radical (unpaired) electrons. The second kappa shape index (κ2) is 7.59. The molecule has 1 unspecified atom stereocenters. The first kappa shape index (κ1) is 16.7. The van der Waals surface area contributed by atoms with Crippen LogP contribution in [0.15, 0.2) is 36.5 Å². The second-order valence-electron chi connectivity index (χ2n) is 6.19. The van der Waals surface area contributed by atoms with Crippen molar-refractivity contribution >= 4 is 11.6 Å². The van der Waals surface area contributed by atoms with Crippen LogP contribution in [0.3, 0.4) is 0 Å². The van der Waals surface area contributed by atoms with Crippen molar-refractivity contribution < 1.29 is 9.53 Å². The molecule has 1 amide bonds. The van der Waals surface area contributed by atoms with Gasteiger partial charge in [-0.1, -0.05) is 12.1 Å². The lowest BCUT2D eigenvalue weighted by Gasteiger charge is -2.26. The van der Waals surface area contributed by atoms with Crippen LogP contribution < -0.4 is 5.32 Å². The molecule has 3 rings (SSSR count). The van der Waals surface area contributed by atoms with Crippen LogP contribution in [0.2, 0.25) is 0 Å². The van der Waals surface area contributed by atoms with E-state index in [1.54, 1.807) is 4.68 Å². The minimum absolute atomic E-state index is 0.0679. The average Bonchev–Trinajstić information content (AvgIpc) is 3.02. The van der Waals surface area contributed by atoms with E-state index < -0.39 is 0 Å². The molecule has 1 fully saturated rings. The summed E-state index contributed by atoms with van der Waals surface area (Å²) in [6, 6.07) is 9.57. The summed E-state index contributed by atoms with van der Waals surface area (Å²) in [5.74, 6) is -0.0679. The molecule has 128 valence electrons. The van der Waals surface area contributed by atoms with E-state index in [1.807, 2.05) is 44.3 Å². The number of aromatic nitrogens is 2. The fourth-order valence-electron chi connectivity index (χ4n) is 2.78. The fourth-order valence-corrected chi connectivity index (χ4v) is 2.78. The van der Waals surface area contributed by atoms with Gasteiger partial charge in [-0.3, -0.25) is 14.4 Å². The predicted molar refractivity (Wildman–Crippen MR) is 92.8 cm³/mol. The fraction of sp³-hybridized carbons (Fsp3) is 0.444. The molecule has 24 heavy (non-hydrogen) atoms. The van der Waals surface area contributed by atoms with Crippen molar-refractivity contribution in [2.24, 2.45) is 0 Å². The summed E-state index contributed by atoms with van der Waals surface area (Å²) < 4.78 is 7.06. The third kappa shape index (κ3) is 4.21. The predicted octanol–water partition coefficient (Wildman–Crippen LogP) is 2.22. The van der Waals surface area contributed by atoms with E-state index in [-0.39, 0.29) is 11.9 Å². The number of carbonyl (C=O) groups is 1. The Morgan fingerprint density at radius 1 is 1.33 bits per heavy atom. The number of rotatable bonds is 5. The van der Waals surface area contributed by atoms with E-state index in [0.29, 0.717) is 0 Å². The summed E-state index contributed by atoms with van der Waals surface area (Å²) in [5.41, 5.74) is 2.92. The van der Waals surface area contributed by atoms with Crippen molar-refractivity contribution in [1.29, 1.82) is 0 Å². The van der Waals surface area contributed by atoms with Crippen LogP contribution in [0.1, 0.15) is 24.2 Å². The molecular formula is C18H24N4O2. The number of aryl methyl sites for hydroxylation is 1. The van der Waals surface area contributed by atoms with Gasteiger partial charge < -0.3 is 10.1 Å². The van der Waals surface area contributed by atoms with Crippen LogP contribution in [0.4, 0.5) is 5.69 Å². The highest BCUT2D eigenvalue weighted by Gasteiger charge is 2.16. The van der Waals surface area contributed by atoms with Gasteiger partial charge >= 0.3 is 0 Å². The van der Waals surface area contributed by atoms with Crippen molar-refractivity contribution in [2.45, 2.75) is 26.4 Å². The SMILES string of the molecule is Cc1ccn(C(C)C(=O)Nc2cccc(CN3CCOCC3)c2)n1. The third-order valence-corrected chi connectivity index (χ3v) is 4.22. The standard InChI is InChI=1S/C18H24N4O2/c1-14-6-7-22(20-14)15(2)18(23)19-17-5-3-4-16(12-17)13-21-8-10-24-11-9-21/h3-7,12,15H,8-11,13H2,1-2H3,(H,19,23). The third-order valence-electron chi connectivity index (χ3n) is 4.22. The van der Waals surface area contributed by atoms with Crippen molar-refractivity contribution in [3.05, 3.63) is 47.8 Å². The number of benzene rings is 1. The highest BCUT2D eigenvalue weighted by molar-refractivity contribution is 5.93. The summed E-state index contributed by atoms with van der Waals surface area (Å²) in [4.78, 5) is 14.8. The van der Waals surface area contributed by atoms with Gasteiger partial charge in [0.05, 0.1) is 18.9 Å². The summed E-state index contributed by atoms with van der Waals surface area (Å²) in [5, 5.41) is 7.29. The number of carbonyl (C=O) groups excluding carboxylic acids is 1. The van der Waals surface area contributed by atoms with Crippen molar-refractivity contribution in [2.75, 3.05) is 31.6 Å². The van der Waals surface area contributed by atoms with E-state index >= 15 is 0 Å². The molecule has 6 nitrogen and oxygen atoms in total. The average molecular weight is 328 g/mol. The summed E-state index contributed by atoms with van der Waals surface area (Å²) in [7, 11) is 0. The van der Waals surface area contributed by atoms with E-state index in [9.17, 15) is 4.79 Å². The quantitative estimate of drug-likeness (QED) is 0.914. The zero-order valence-electron chi connectivity index (χ0n) is 14.2. The zero-order valence-corrected chi connectivity index (χ0v) is 14.2. The summed E-state index contributed by atoms with van der Waals surface area (Å²) in [6.07, 6.45) is 1.83. The minimum atomic E-state index is -0.346. The topological polar surface area (TPSA) is 59.4 Å². The molecule has 0 aliphatic carbocycles. The van der Waals surface area contributed by atoms with Crippen LogP contribution in [0.25, 0.3) is 0 Å². The van der Waals surface area contributed by atoms with Crippen LogP contribution in [-0.2, 0) is 16.1 Å². The molecule has 1 saturated heterocycles. The molecule has 2 heterocycles. The van der Waals surface area contributed by atoms with E-state index in [4.69, 9.17) is 4.74 Å². The van der Waals surface area contributed by atoms with Gasteiger partial charge in [-0.05, 0) is 37.6 Å². The smallest absolute Gasteiger partial charge is 0.248 e. The molecule has 1 N–H and O–H groups in total. The Balaban J connectivity index is 1.62. The van der Waals surface area contributed by atoms with Gasteiger partial charge in [0.15, 0.2) is 0 Å². The largest absolute Gasteiger partial charge is 0.379 e. The van der Waals surface area contributed by atoms with Gasteiger partial charge in [0.2, 0.25) is 5.91 Å². The molecule has 1 atom stereocenters. The number of hydrogen-bond donors (Lipinski definition) is 1. The van der Waals surface area contributed by atoms with Gasteiger partial charge in [0, 0.05) is 31.5 Å². The van der Waals surface area contributed by atoms with Crippen molar-refractivity contribution in [3.63, 3.8) is 0 Å². The number of morpholine rings is 1. The van der Waals surface area contributed by atoms with E-state index in [1.165, 1.54) is 5.56 Å². The van der Waals surface area contributed by atoms with E-state index in [0.717, 1.165) is 44.2 Å².